The summed E-state index contributed by atoms with van der Waals surface area (Å²) in [5.74, 6) is -1.05. The van der Waals surface area contributed by atoms with E-state index in [1.807, 2.05) is 0 Å². The Labute approximate surface area is 106 Å². The molecule has 2 aromatic rings. The molecule has 0 unspecified atom stereocenters. The van der Waals surface area contributed by atoms with Gasteiger partial charge in [-0.05, 0) is 12.1 Å². The van der Waals surface area contributed by atoms with Gasteiger partial charge < -0.3 is 9.47 Å². The van der Waals surface area contributed by atoms with Crippen molar-refractivity contribution in [1.82, 2.24) is 0 Å². The Morgan fingerprint density at radius 2 is 2.12 bits per heavy atom. The molecule has 3 nitrogen and oxygen atoms in total. The van der Waals surface area contributed by atoms with Gasteiger partial charge in [-0.15, -0.1) is 11.3 Å². The molecule has 0 aliphatic rings. The number of benzene rings is 1. The third-order valence-electron chi connectivity index (χ3n) is 2.29. The van der Waals surface area contributed by atoms with Crippen molar-refractivity contribution in [2.24, 2.45) is 0 Å². The van der Waals surface area contributed by atoms with Gasteiger partial charge in [0.15, 0.2) is 11.6 Å². The molecule has 0 atom stereocenters. The summed E-state index contributed by atoms with van der Waals surface area (Å²) in [6, 6.07) is 3.14. The fraction of sp³-hybridized carbons (Fsp3) is 0.182. The zero-order chi connectivity index (χ0) is 12.6. The van der Waals surface area contributed by atoms with Crippen LogP contribution >= 0.6 is 22.9 Å². The summed E-state index contributed by atoms with van der Waals surface area (Å²) in [6.45, 7) is 0. The SMILES string of the molecule is COC(=O)c1sc2ccc(OC)c(F)c2c1Cl. The van der Waals surface area contributed by atoms with E-state index in [4.69, 9.17) is 16.3 Å². The summed E-state index contributed by atoms with van der Waals surface area (Å²) in [6.07, 6.45) is 0. The van der Waals surface area contributed by atoms with E-state index in [9.17, 15) is 9.18 Å². The minimum atomic E-state index is -0.574. The number of hydrogen-bond acceptors (Lipinski definition) is 4. The van der Waals surface area contributed by atoms with Gasteiger partial charge in [0.1, 0.15) is 4.88 Å². The molecule has 0 fully saturated rings. The first-order chi connectivity index (χ1) is 8.10. The number of thiophene rings is 1. The molecule has 1 heterocycles. The molecule has 0 aliphatic heterocycles. The molecule has 0 bridgehead atoms. The zero-order valence-corrected chi connectivity index (χ0v) is 10.6. The highest BCUT2D eigenvalue weighted by atomic mass is 35.5. The first-order valence-corrected chi connectivity index (χ1v) is 5.82. The van der Waals surface area contributed by atoms with Crippen LogP contribution in [-0.4, -0.2) is 20.2 Å². The highest BCUT2D eigenvalue weighted by Gasteiger charge is 2.21. The number of rotatable bonds is 2. The van der Waals surface area contributed by atoms with Gasteiger partial charge >= 0.3 is 5.97 Å². The van der Waals surface area contributed by atoms with E-state index in [1.54, 1.807) is 6.07 Å². The second-order valence-electron chi connectivity index (χ2n) is 3.19. The molecule has 0 N–H and O–H groups in total. The number of hydrogen-bond donors (Lipinski definition) is 0. The minimum absolute atomic E-state index is 0.0632. The van der Waals surface area contributed by atoms with Gasteiger partial charge in [0, 0.05) is 4.70 Å². The first-order valence-electron chi connectivity index (χ1n) is 4.63. The average molecular weight is 275 g/mol. The van der Waals surface area contributed by atoms with E-state index in [0.29, 0.717) is 4.70 Å². The molecular formula is C11H8ClFO3S. The van der Waals surface area contributed by atoms with E-state index in [0.717, 1.165) is 11.3 Å². The summed E-state index contributed by atoms with van der Waals surface area (Å²) in [7, 11) is 2.62. The Kier molecular flexibility index (Phi) is 3.22. The number of carbonyl (C=O) groups excluding carboxylic acids is 1. The lowest BCUT2D eigenvalue weighted by molar-refractivity contribution is 0.0606. The molecular weight excluding hydrogens is 267 g/mol. The largest absolute Gasteiger partial charge is 0.494 e. The van der Waals surface area contributed by atoms with Crippen LogP contribution in [0.5, 0.6) is 5.75 Å². The van der Waals surface area contributed by atoms with Gasteiger partial charge in [-0.1, -0.05) is 11.6 Å². The molecule has 0 saturated heterocycles. The maximum Gasteiger partial charge on any atom is 0.349 e. The topological polar surface area (TPSA) is 35.5 Å². The number of halogens is 2. The van der Waals surface area contributed by atoms with Crippen molar-refractivity contribution in [3.05, 3.63) is 27.8 Å². The molecule has 17 heavy (non-hydrogen) atoms. The maximum absolute atomic E-state index is 14.0. The van der Waals surface area contributed by atoms with Gasteiger partial charge in [0.05, 0.1) is 24.6 Å². The lowest BCUT2D eigenvalue weighted by Gasteiger charge is -2.02. The van der Waals surface area contributed by atoms with E-state index in [-0.39, 0.29) is 21.0 Å². The summed E-state index contributed by atoms with van der Waals surface area (Å²) in [5, 5.41) is 0.254. The van der Waals surface area contributed by atoms with E-state index in [2.05, 4.69) is 4.74 Å². The van der Waals surface area contributed by atoms with Crippen LogP contribution < -0.4 is 4.74 Å². The fourth-order valence-electron chi connectivity index (χ4n) is 1.48. The second kappa shape index (κ2) is 4.50. The van der Waals surface area contributed by atoms with Gasteiger partial charge in [0.2, 0.25) is 0 Å². The monoisotopic (exact) mass is 274 g/mol. The predicted molar refractivity (Wildman–Crippen MR) is 64.7 cm³/mol. The molecule has 1 aromatic carbocycles. The molecule has 2 rings (SSSR count). The third kappa shape index (κ3) is 1.85. The lowest BCUT2D eigenvalue weighted by Crippen LogP contribution is -1.98. The van der Waals surface area contributed by atoms with Gasteiger partial charge in [-0.2, -0.15) is 0 Å². The van der Waals surface area contributed by atoms with Crippen molar-refractivity contribution in [2.45, 2.75) is 0 Å². The van der Waals surface area contributed by atoms with Crippen molar-refractivity contribution in [1.29, 1.82) is 0 Å². The molecule has 0 aliphatic carbocycles. The molecule has 0 amide bonds. The van der Waals surface area contributed by atoms with Crippen molar-refractivity contribution in [3.8, 4) is 5.75 Å². The Hall–Kier alpha value is -1.33. The van der Waals surface area contributed by atoms with Gasteiger partial charge in [0.25, 0.3) is 0 Å². The quantitative estimate of drug-likeness (QED) is 0.787. The van der Waals surface area contributed by atoms with E-state index < -0.39 is 11.8 Å². The van der Waals surface area contributed by atoms with E-state index in [1.165, 1.54) is 20.3 Å². The van der Waals surface area contributed by atoms with Crippen molar-refractivity contribution < 1.29 is 18.7 Å². The number of esters is 1. The van der Waals surface area contributed by atoms with Gasteiger partial charge in [-0.3, -0.25) is 0 Å². The van der Waals surface area contributed by atoms with Crippen LogP contribution in [0.2, 0.25) is 5.02 Å². The normalized spacial score (nSPS) is 10.6. The number of fused-ring (bicyclic) bond motifs is 1. The summed E-state index contributed by atoms with van der Waals surface area (Å²) in [5.41, 5.74) is 0. The molecule has 0 saturated carbocycles. The highest BCUT2D eigenvalue weighted by molar-refractivity contribution is 7.21. The van der Waals surface area contributed by atoms with Crippen LogP contribution in [0, 0.1) is 5.82 Å². The number of carbonyl (C=O) groups is 1. The summed E-state index contributed by atoms with van der Waals surface area (Å²) < 4.78 is 24.0. The van der Waals surface area contributed by atoms with Crippen LogP contribution in [0.15, 0.2) is 12.1 Å². The summed E-state index contributed by atoms with van der Waals surface area (Å²) in [4.78, 5) is 11.6. The molecule has 90 valence electrons. The van der Waals surface area contributed by atoms with Crippen LogP contribution in [0.3, 0.4) is 0 Å². The Morgan fingerprint density at radius 1 is 1.41 bits per heavy atom. The molecule has 0 radical (unpaired) electrons. The lowest BCUT2D eigenvalue weighted by atomic mass is 10.2. The van der Waals surface area contributed by atoms with Crippen LogP contribution in [0.4, 0.5) is 4.39 Å². The smallest absolute Gasteiger partial charge is 0.349 e. The van der Waals surface area contributed by atoms with Crippen molar-refractivity contribution >= 4 is 39.0 Å². The van der Waals surface area contributed by atoms with Crippen molar-refractivity contribution in [3.63, 3.8) is 0 Å². The molecule has 6 heteroatoms. The number of ether oxygens (including phenoxy) is 2. The minimum Gasteiger partial charge on any atom is -0.494 e. The number of methoxy groups -OCH3 is 2. The second-order valence-corrected chi connectivity index (χ2v) is 4.62. The Bertz CT molecular complexity index is 594. The fourth-order valence-corrected chi connectivity index (χ4v) is 2.92. The third-order valence-corrected chi connectivity index (χ3v) is 3.91. The predicted octanol–water partition coefficient (Wildman–Crippen LogP) is 3.49. The standard InChI is InChI=1S/C11H8ClFO3S/c1-15-5-3-4-6-7(9(5)13)8(12)10(17-6)11(14)16-2/h3-4H,1-2H3. The first kappa shape index (κ1) is 12.1. The van der Waals surface area contributed by atoms with Crippen LogP contribution in [0.25, 0.3) is 10.1 Å². The van der Waals surface area contributed by atoms with Gasteiger partial charge in [-0.25, -0.2) is 9.18 Å². The Morgan fingerprint density at radius 3 is 2.71 bits per heavy atom. The molecule has 1 aromatic heterocycles. The Balaban J connectivity index is 2.75. The van der Waals surface area contributed by atoms with Crippen LogP contribution in [-0.2, 0) is 4.74 Å². The van der Waals surface area contributed by atoms with Crippen molar-refractivity contribution in [2.75, 3.05) is 14.2 Å². The molecule has 0 spiro atoms. The van der Waals surface area contributed by atoms with E-state index >= 15 is 0 Å². The average Bonchev–Trinajstić information content (AvgIpc) is 2.67. The zero-order valence-electron chi connectivity index (χ0n) is 9.04. The van der Waals surface area contributed by atoms with Crippen LogP contribution in [0.1, 0.15) is 9.67 Å². The highest BCUT2D eigenvalue weighted by Crippen LogP contribution is 2.39. The maximum atomic E-state index is 14.0. The summed E-state index contributed by atoms with van der Waals surface area (Å²) >= 11 is 7.07.